The second-order valence-electron chi connectivity index (χ2n) is 8.05. The maximum absolute atomic E-state index is 4.86. The van der Waals surface area contributed by atoms with Crippen LogP contribution in [0.2, 0.25) is 0 Å². The highest BCUT2D eigenvalue weighted by Gasteiger charge is 2.20. The predicted octanol–water partition coefficient (Wildman–Crippen LogP) is 4.33. The number of rotatable bonds is 7. The molecule has 0 radical (unpaired) electrons. The van der Waals surface area contributed by atoms with Gasteiger partial charge >= 0.3 is 0 Å². The minimum Gasteiger partial charge on any atom is -0.357 e. The summed E-state index contributed by atoms with van der Waals surface area (Å²) in [6.07, 6.45) is 4.13. The molecule has 1 unspecified atom stereocenters. The number of pyridine rings is 1. The Labute approximate surface area is 198 Å². The summed E-state index contributed by atoms with van der Waals surface area (Å²) in [5.74, 6) is 1.35. The van der Waals surface area contributed by atoms with Crippen LogP contribution < -0.4 is 10.6 Å². The molecule has 1 aliphatic rings. The van der Waals surface area contributed by atoms with Crippen LogP contribution in [-0.2, 0) is 6.54 Å². The minimum absolute atomic E-state index is 0. The number of hydrogen-bond donors (Lipinski definition) is 2. The van der Waals surface area contributed by atoms with Gasteiger partial charge in [-0.1, -0.05) is 42.8 Å². The number of aromatic nitrogens is 1. The van der Waals surface area contributed by atoms with Crippen LogP contribution in [0.3, 0.4) is 0 Å². The fourth-order valence-corrected chi connectivity index (χ4v) is 3.70. The number of nitrogens with zero attached hydrogens (tertiary/aromatic N) is 3. The molecule has 2 N–H and O–H groups in total. The maximum atomic E-state index is 4.86. The quantitative estimate of drug-likeness (QED) is 0.324. The molecule has 0 spiro atoms. The summed E-state index contributed by atoms with van der Waals surface area (Å²) in [6, 6.07) is 15.4. The second-order valence-corrected chi connectivity index (χ2v) is 8.05. The molecule has 1 saturated heterocycles. The summed E-state index contributed by atoms with van der Waals surface area (Å²) in [6.45, 7) is 11.3. The van der Waals surface area contributed by atoms with E-state index in [-0.39, 0.29) is 24.0 Å². The Morgan fingerprint density at radius 2 is 1.90 bits per heavy atom. The molecular weight excluding hydrogens is 485 g/mol. The molecule has 1 aliphatic heterocycles. The molecule has 0 bridgehead atoms. The Kier molecular flexibility index (Phi) is 10.6. The molecule has 3 rings (SSSR count). The van der Waals surface area contributed by atoms with Crippen LogP contribution in [0.5, 0.6) is 0 Å². The Bertz CT molecular complexity index is 755. The number of aryl methyl sites for hydroxylation is 1. The lowest BCUT2D eigenvalue weighted by Crippen LogP contribution is -2.48. The molecule has 2 heterocycles. The van der Waals surface area contributed by atoms with Gasteiger partial charge in [0.25, 0.3) is 0 Å². The molecule has 30 heavy (non-hydrogen) atoms. The summed E-state index contributed by atoms with van der Waals surface area (Å²) in [7, 11) is 0. The van der Waals surface area contributed by atoms with Crippen molar-refractivity contribution < 1.29 is 0 Å². The Morgan fingerprint density at radius 1 is 1.17 bits per heavy atom. The molecule has 6 heteroatoms. The second kappa shape index (κ2) is 12.9. The number of nitrogens with one attached hydrogen (secondary N) is 2. The number of benzene rings is 1. The molecule has 1 fully saturated rings. The highest BCUT2D eigenvalue weighted by molar-refractivity contribution is 14.0. The van der Waals surface area contributed by atoms with Crippen LogP contribution in [0.25, 0.3) is 0 Å². The zero-order chi connectivity index (χ0) is 20.5. The minimum atomic E-state index is 0. The maximum Gasteiger partial charge on any atom is 0.191 e. The van der Waals surface area contributed by atoms with Gasteiger partial charge in [-0.25, -0.2) is 0 Å². The molecule has 1 aromatic carbocycles. The lowest BCUT2D eigenvalue weighted by Gasteiger charge is -2.33. The summed E-state index contributed by atoms with van der Waals surface area (Å²) >= 11 is 0. The number of likely N-dealkylation sites (tertiary alicyclic amines) is 1. The largest absolute Gasteiger partial charge is 0.357 e. The average Bonchev–Trinajstić information content (AvgIpc) is 2.74. The highest BCUT2D eigenvalue weighted by Crippen LogP contribution is 2.16. The number of aliphatic imine (C=N–C) groups is 1. The van der Waals surface area contributed by atoms with E-state index in [2.05, 4.69) is 77.7 Å². The highest BCUT2D eigenvalue weighted by atomic mass is 127. The van der Waals surface area contributed by atoms with E-state index in [9.17, 15) is 0 Å². The topological polar surface area (TPSA) is 52.6 Å². The zero-order valence-electron chi connectivity index (χ0n) is 18.5. The Hall–Kier alpha value is -1.67. The van der Waals surface area contributed by atoms with E-state index >= 15 is 0 Å². The van der Waals surface area contributed by atoms with Crippen molar-refractivity contribution in [3.63, 3.8) is 0 Å². The summed E-state index contributed by atoms with van der Waals surface area (Å²) in [4.78, 5) is 11.8. The molecule has 0 aliphatic carbocycles. The van der Waals surface area contributed by atoms with Crippen LogP contribution in [-0.4, -0.2) is 48.1 Å². The third-order valence-electron chi connectivity index (χ3n) is 5.55. The monoisotopic (exact) mass is 521 g/mol. The number of piperidine rings is 1. The Balaban J connectivity index is 0.00000320. The van der Waals surface area contributed by atoms with Crippen LogP contribution in [0.4, 0.5) is 0 Å². The summed E-state index contributed by atoms with van der Waals surface area (Å²) < 4.78 is 0. The lowest BCUT2D eigenvalue weighted by molar-refractivity contribution is 0.196. The first-order valence-corrected chi connectivity index (χ1v) is 10.9. The third kappa shape index (κ3) is 7.87. The van der Waals surface area contributed by atoms with Crippen molar-refractivity contribution in [3.8, 4) is 0 Å². The standard InChI is InChI=1S/C24H35N5.HI/c1-4-25-24(27-17-20(3)21-10-8-19(2)9-11-21)28-22-12-15-29(16-13-22)18-23-7-5-6-14-26-23;/h5-11,14,20,22H,4,12-13,15-18H2,1-3H3,(H2,25,27,28);1H. The van der Waals surface area contributed by atoms with Gasteiger partial charge in [-0.2, -0.15) is 0 Å². The van der Waals surface area contributed by atoms with Crippen LogP contribution in [0.15, 0.2) is 53.7 Å². The fourth-order valence-electron chi connectivity index (χ4n) is 3.70. The van der Waals surface area contributed by atoms with Crippen LogP contribution >= 0.6 is 24.0 Å². The van der Waals surface area contributed by atoms with Gasteiger partial charge < -0.3 is 10.6 Å². The normalized spacial score (nSPS) is 16.6. The van der Waals surface area contributed by atoms with Crippen molar-refractivity contribution in [3.05, 3.63) is 65.5 Å². The smallest absolute Gasteiger partial charge is 0.191 e. The number of guanidine groups is 1. The number of halogens is 1. The fraction of sp³-hybridized carbons (Fsp3) is 0.500. The molecule has 0 amide bonds. The average molecular weight is 521 g/mol. The van der Waals surface area contributed by atoms with Crippen molar-refractivity contribution in [1.82, 2.24) is 20.5 Å². The Morgan fingerprint density at radius 3 is 2.53 bits per heavy atom. The van der Waals surface area contributed by atoms with Crippen LogP contribution in [0, 0.1) is 6.92 Å². The molecule has 1 atom stereocenters. The first-order valence-electron chi connectivity index (χ1n) is 10.9. The van der Waals surface area contributed by atoms with E-state index in [4.69, 9.17) is 4.99 Å². The van der Waals surface area contributed by atoms with Gasteiger partial charge in [0.15, 0.2) is 5.96 Å². The van der Waals surface area contributed by atoms with Gasteiger partial charge in [0, 0.05) is 50.9 Å². The van der Waals surface area contributed by atoms with E-state index in [0.717, 1.165) is 57.2 Å². The van der Waals surface area contributed by atoms with Gasteiger partial charge in [0.1, 0.15) is 0 Å². The lowest BCUT2D eigenvalue weighted by atomic mass is 10.0. The van der Waals surface area contributed by atoms with Crippen molar-refractivity contribution in [1.29, 1.82) is 0 Å². The molecule has 5 nitrogen and oxygen atoms in total. The van der Waals surface area contributed by atoms with Crippen molar-refractivity contribution >= 4 is 29.9 Å². The van der Waals surface area contributed by atoms with Gasteiger partial charge in [0.05, 0.1) is 5.69 Å². The van der Waals surface area contributed by atoms with Gasteiger partial charge in [0.2, 0.25) is 0 Å². The zero-order valence-corrected chi connectivity index (χ0v) is 20.8. The van der Waals surface area contributed by atoms with Crippen LogP contribution in [0.1, 0.15) is 49.4 Å². The van der Waals surface area contributed by atoms with Crippen molar-refractivity contribution in [2.24, 2.45) is 4.99 Å². The van der Waals surface area contributed by atoms with E-state index in [1.165, 1.54) is 11.1 Å². The molecule has 1 aromatic heterocycles. The number of hydrogen-bond acceptors (Lipinski definition) is 3. The van der Waals surface area contributed by atoms with E-state index < -0.39 is 0 Å². The van der Waals surface area contributed by atoms with Gasteiger partial charge in [-0.15, -0.1) is 24.0 Å². The van der Waals surface area contributed by atoms with E-state index in [0.29, 0.717) is 12.0 Å². The predicted molar refractivity (Wildman–Crippen MR) is 137 cm³/mol. The van der Waals surface area contributed by atoms with E-state index in [1.807, 2.05) is 12.3 Å². The molecule has 2 aromatic rings. The van der Waals surface area contributed by atoms with Crippen molar-refractivity contribution in [2.45, 2.75) is 52.1 Å². The molecular formula is C24H36IN5. The van der Waals surface area contributed by atoms with Crippen molar-refractivity contribution in [2.75, 3.05) is 26.2 Å². The summed E-state index contributed by atoms with van der Waals surface area (Å²) in [5.41, 5.74) is 3.80. The first kappa shape index (κ1) is 24.6. The van der Waals surface area contributed by atoms with E-state index in [1.54, 1.807) is 0 Å². The van der Waals surface area contributed by atoms with Gasteiger partial charge in [-0.3, -0.25) is 14.9 Å². The SMILES string of the molecule is CCNC(=NCC(C)c1ccc(C)cc1)NC1CCN(Cc2ccccn2)CC1.I. The molecule has 164 valence electrons. The molecule has 0 saturated carbocycles. The first-order chi connectivity index (χ1) is 14.1. The van der Waals surface area contributed by atoms with Gasteiger partial charge in [-0.05, 0) is 44.4 Å². The summed E-state index contributed by atoms with van der Waals surface area (Å²) in [5, 5.41) is 7.07. The third-order valence-corrected chi connectivity index (χ3v) is 5.55.